The van der Waals surface area contributed by atoms with Gasteiger partial charge in [0, 0.05) is 48.7 Å². The summed E-state index contributed by atoms with van der Waals surface area (Å²) < 4.78 is 11.7. The molecule has 0 bridgehead atoms. The first-order chi connectivity index (χ1) is 23.2. The molecule has 1 aliphatic rings. The fourth-order valence-corrected chi connectivity index (χ4v) is 5.82. The van der Waals surface area contributed by atoms with Crippen LogP contribution in [-0.4, -0.2) is 53.7 Å². The number of carbonyl (C=O) groups excluding carboxylic acids is 1. The number of anilines is 3. The van der Waals surface area contributed by atoms with Crippen molar-refractivity contribution in [3.8, 4) is 22.5 Å². The molecule has 3 N–H and O–H groups in total. The Kier molecular flexibility index (Phi) is 9.17. The molecule has 0 atom stereocenters. The molecule has 7 rings (SSSR count). The van der Waals surface area contributed by atoms with E-state index in [0.29, 0.717) is 12.3 Å². The Balaban J connectivity index is 0.970. The molecule has 236 valence electrons. The number of morpholine rings is 1. The van der Waals surface area contributed by atoms with Crippen LogP contribution >= 0.6 is 0 Å². The van der Waals surface area contributed by atoms with E-state index >= 15 is 0 Å². The average Bonchev–Trinajstić information content (AvgIpc) is 3.52. The number of fused-ring (bicyclic) bond motifs is 1. The van der Waals surface area contributed by atoms with Crippen LogP contribution in [0, 0.1) is 0 Å². The fraction of sp³-hybridized carbons (Fsp3) is 0.184. The van der Waals surface area contributed by atoms with E-state index in [0.717, 1.165) is 89.9 Å². The number of hydrogen-bond donors (Lipinski definition) is 3. The Labute approximate surface area is 273 Å². The second-order valence-corrected chi connectivity index (χ2v) is 11.5. The molecule has 1 saturated heterocycles. The van der Waals surface area contributed by atoms with E-state index in [2.05, 4.69) is 55.1 Å². The summed E-state index contributed by atoms with van der Waals surface area (Å²) in [4.78, 5) is 24.1. The molecule has 1 aliphatic heterocycles. The van der Waals surface area contributed by atoms with Gasteiger partial charge in [-0.25, -0.2) is 14.8 Å². The summed E-state index contributed by atoms with van der Waals surface area (Å²) in [7, 11) is 0. The van der Waals surface area contributed by atoms with Crippen LogP contribution in [-0.2, 0) is 17.7 Å². The van der Waals surface area contributed by atoms with E-state index in [9.17, 15) is 4.79 Å². The third-order valence-corrected chi connectivity index (χ3v) is 8.23. The number of amides is 2. The molecular weight excluding hydrogens is 588 g/mol. The van der Waals surface area contributed by atoms with Crippen molar-refractivity contribution in [2.45, 2.75) is 13.0 Å². The van der Waals surface area contributed by atoms with Crippen LogP contribution in [0.25, 0.3) is 33.6 Å². The molecule has 0 saturated carbocycles. The highest BCUT2D eigenvalue weighted by Gasteiger charge is 2.22. The third kappa shape index (κ3) is 7.33. The summed E-state index contributed by atoms with van der Waals surface area (Å²) in [5.41, 5.74) is 7.34. The van der Waals surface area contributed by atoms with Crippen molar-refractivity contribution >= 4 is 34.3 Å². The normalized spacial score (nSPS) is 13.4. The van der Waals surface area contributed by atoms with E-state index in [-0.39, 0.29) is 6.03 Å². The monoisotopic (exact) mass is 624 g/mol. The molecule has 47 heavy (non-hydrogen) atoms. The van der Waals surface area contributed by atoms with Gasteiger partial charge in [-0.1, -0.05) is 84.9 Å². The SMILES string of the molecule is O=C(Nc1ccc(CCNc2ncnc3oc(-c4ccccc4)c(-c4ccccc4)c23)cc1)Nc1ccc(CN2CCOCC2)cc1. The van der Waals surface area contributed by atoms with Gasteiger partial charge in [0.15, 0.2) is 0 Å². The molecule has 9 heteroatoms. The van der Waals surface area contributed by atoms with E-state index in [1.807, 2.05) is 84.9 Å². The van der Waals surface area contributed by atoms with Crippen LogP contribution in [0.1, 0.15) is 11.1 Å². The molecule has 3 heterocycles. The van der Waals surface area contributed by atoms with Gasteiger partial charge in [0.05, 0.1) is 18.6 Å². The Bertz CT molecular complexity index is 1920. The van der Waals surface area contributed by atoms with Crippen LogP contribution in [0.4, 0.5) is 22.0 Å². The molecule has 0 unspecified atom stereocenters. The first kappa shape index (κ1) is 30.2. The molecule has 0 radical (unpaired) electrons. The zero-order valence-electron chi connectivity index (χ0n) is 26.0. The van der Waals surface area contributed by atoms with Crippen LogP contribution in [0.15, 0.2) is 120 Å². The zero-order valence-corrected chi connectivity index (χ0v) is 26.0. The Hall–Kier alpha value is -5.51. The molecule has 4 aromatic carbocycles. The van der Waals surface area contributed by atoms with E-state index in [1.54, 1.807) is 0 Å². The number of carbonyl (C=O) groups is 1. The maximum absolute atomic E-state index is 12.7. The third-order valence-electron chi connectivity index (χ3n) is 8.23. The molecule has 9 nitrogen and oxygen atoms in total. The number of hydrogen-bond acceptors (Lipinski definition) is 7. The van der Waals surface area contributed by atoms with Gasteiger partial charge in [0.25, 0.3) is 0 Å². The standard InChI is InChI=1S/C38H36N6O3/c45-38(43-32-17-13-28(14-18-32)25-44-21-23-46-24-22-44)42-31-15-11-27(12-16-31)19-20-39-36-34-33(29-7-3-1-4-8-29)35(30-9-5-2-6-10-30)47-37(34)41-26-40-36/h1-18,26H,19-25H2,(H,39,40,41)(H2,42,43,45). The second-order valence-electron chi connectivity index (χ2n) is 11.5. The van der Waals surface area contributed by atoms with Gasteiger partial charge in [0.2, 0.25) is 5.71 Å². The summed E-state index contributed by atoms with van der Waals surface area (Å²) in [5, 5.41) is 10.2. The van der Waals surface area contributed by atoms with Crippen molar-refractivity contribution in [3.05, 3.63) is 127 Å². The molecular formula is C38H36N6O3. The first-order valence-corrected chi connectivity index (χ1v) is 15.9. The Morgan fingerprint density at radius 3 is 2.00 bits per heavy atom. The topological polar surface area (TPSA) is 105 Å². The minimum Gasteiger partial charge on any atom is -0.437 e. The molecule has 6 aromatic rings. The highest BCUT2D eigenvalue weighted by molar-refractivity contribution is 6.05. The number of furan rings is 1. The van der Waals surface area contributed by atoms with Crippen molar-refractivity contribution in [3.63, 3.8) is 0 Å². The van der Waals surface area contributed by atoms with Gasteiger partial charge in [-0.2, -0.15) is 0 Å². The number of aromatic nitrogens is 2. The Morgan fingerprint density at radius 2 is 1.34 bits per heavy atom. The minimum absolute atomic E-state index is 0.280. The smallest absolute Gasteiger partial charge is 0.323 e. The highest BCUT2D eigenvalue weighted by Crippen LogP contribution is 2.42. The number of nitrogens with zero attached hydrogens (tertiary/aromatic N) is 3. The molecule has 2 aromatic heterocycles. The van der Waals surface area contributed by atoms with E-state index in [4.69, 9.17) is 9.15 Å². The number of rotatable bonds is 10. The lowest BCUT2D eigenvalue weighted by molar-refractivity contribution is 0.0342. The quantitative estimate of drug-likeness (QED) is 0.144. The fourth-order valence-electron chi connectivity index (χ4n) is 5.82. The van der Waals surface area contributed by atoms with E-state index in [1.165, 1.54) is 11.9 Å². The Morgan fingerprint density at radius 1 is 0.723 bits per heavy atom. The van der Waals surface area contributed by atoms with Crippen molar-refractivity contribution in [1.29, 1.82) is 0 Å². The van der Waals surface area contributed by atoms with E-state index < -0.39 is 0 Å². The molecule has 0 aliphatic carbocycles. The number of benzene rings is 4. The lowest BCUT2D eigenvalue weighted by Crippen LogP contribution is -2.35. The summed E-state index contributed by atoms with van der Waals surface area (Å²) in [6, 6.07) is 35.8. The summed E-state index contributed by atoms with van der Waals surface area (Å²) in [6.07, 6.45) is 2.29. The van der Waals surface area contributed by atoms with Crippen molar-refractivity contribution in [2.24, 2.45) is 0 Å². The van der Waals surface area contributed by atoms with Gasteiger partial charge in [-0.15, -0.1) is 0 Å². The number of urea groups is 1. The predicted molar refractivity (Wildman–Crippen MR) is 186 cm³/mol. The second kappa shape index (κ2) is 14.3. The van der Waals surface area contributed by atoms with Gasteiger partial charge < -0.3 is 25.1 Å². The van der Waals surface area contributed by atoms with Gasteiger partial charge in [0.1, 0.15) is 17.9 Å². The first-order valence-electron chi connectivity index (χ1n) is 15.9. The number of ether oxygens (including phenoxy) is 1. The minimum atomic E-state index is -0.280. The predicted octanol–water partition coefficient (Wildman–Crippen LogP) is 7.69. The maximum atomic E-state index is 12.7. The molecule has 0 spiro atoms. The summed E-state index contributed by atoms with van der Waals surface area (Å²) in [5.74, 6) is 1.49. The van der Waals surface area contributed by atoms with Gasteiger partial charge in [-0.3, -0.25) is 4.90 Å². The molecule has 1 fully saturated rings. The summed E-state index contributed by atoms with van der Waals surface area (Å²) >= 11 is 0. The van der Waals surface area contributed by atoms with Crippen molar-refractivity contribution < 1.29 is 13.9 Å². The number of nitrogens with one attached hydrogen (secondary N) is 3. The van der Waals surface area contributed by atoms with Gasteiger partial charge in [-0.05, 0) is 47.4 Å². The summed E-state index contributed by atoms with van der Waals surface area (Å²) in [6.45, 7) is 4.99. The van der Waals surface area contributed by atoms with Crippen LogP contribution in [0.5, 0.6) is 0 Å². The van der Waals surface area contributed by atoms with Crippen LogP contribution in [0.3, 0.4) is 0 Å². The zero-order chi connectivity index (χ0) is 31.8. The molecule has 2 amide bonds. The largest absolute Gasteiger partial charge is 0.437 e. The maximum Gasteiger partial charge on any atom is 0.323 e. The average molecular weight is 625 g/mol. The lowest BCUT2D eigenvalue weighted by atomic mass is 9.99. The van der Waals surface area contributed by atoms with Crippen molar-refractivity contribution in [1.82, 2.24) is 14.9 Å². The van der Waals surface area contributed by atoms with Crippen LogP contribution < -0.4 is 16.0 Å². The van der Waals surface area contributed by atoms with Gasteiger partial charge >= 0.3 is 6.03 Å². The highest BCUT2D eigenvalue weighted by atomic mass is 16.5. The van der Waals surface area contributed by atoms with Crippen molar-refractivity contribution in [2.75, 3.05) is 48.8 Å². The lowest BCUT2D eigenvalue weighted by Gasteiger charge is -2.26. The van der Waals surface area contributed by atoms with Crippen LogP contribution in [0.2, 0.25) is 0 Å².